The molecule has 0 spiro atoms. The van der Waals surface area contributed by atoms with Crippen molar-refractivity contribution in [2.75, 3.05) is 5.32 Å². The highest BCUT2D eigenvalue weighted by Crippen LogP contribution is 2.23. The zero-order valence-corrected chi connectivity index (χ0v) is 11.0. The van der Waals surface area contributed by atoms with Crippen LogP contribution in [0.1, 0.15) is 50.7 Å². The molecule has 0 bridgehead atoms. The van der Waals surface area contributed by atoms with Gasteiger partial charge in [0.2, 0.25) is 0 Å². The first-order valence-corrected chi connectivity index (χ1v) is 5.72. The molecule has 0 fully saturated rings. The fourth-order valence-electron chi connectivity index (χ4n) is 1.41. The first-order valence-electron chi connectivity index (χ1n) is 5.72. The van der Waals surface area contributed by atoms with Gasteiger partial charge in [0, 0.05) is 17.2 Å². The fourth-order valence-corrected chi connectivity index (χ4v) is 1.41. The van der Waals surface area contributed by atoms with Crippen molar-refractivity contribution in [2.45, 2.75) is 46.1 Å². The van der Waals surface area contributed by atoms with E-state index in [-0.39, 0.29) is 17.0 Å². The van der Waals surface area contributed by atoms with Crippen LogP contribution in [0.15, 0.2) is 12.1 Å². The van der Waals surface area contributed by atoms with E-state index < -0.39 is 5.97 Å². The molecule has 0 aromatic carbocycles. The first-order chi connectivity index (χ1) is 7.70. The molecule has 0 aliphatic rings. The van der Waals surface area contributed by atoms with E-state index in [2.05, 4.69) is 10.3 Å². The normalized spacial score (nSPS) is 11.6. The second-order valence-corrected chi connectivity index (χ2v) is 5.48. The number of rotatable bonds is 3. The van der Waals surface area contributed by atoms with Gasteiger partial charge in [0.15, 0.2) is 0 Å². The molecule has 0 amide bonds. The van der Waals surface area contributed by atoms with Gasteiger partial charge in [0.25, 0.3) is 0 Å². The van der Waals surface area contributed by atoms with Gasteiger partial charge >= 0.3 is 5.97 Å². The summed E-state index contributed by atoms with van der Waals surface area (Å²) in [5, 5.41) is 12.2. The number of pyridine rings is 1. The maximum Gasteiger partial charge on any atom is 0.335 e. The van der Waals surface area contributed by atoms with Crippen molar-refractivity contribution in [1.82, 2.24) is 4.98 Å². The Morgan fingerprint density at radius 3 is 2.35 bits per heavy atom. The summed E-state index contributed by atoms with van der Waals surface area (Å²) in [6.07, 6.45) is 0. The van der Waals surface area contributed by atoms with Crippen molar-refractivity contribution in [3.05, 3.63) is 23.4 Å². The average molecular weight is 236 g/mol. The summed E-state index contributed by atoms with van der Waals surface area (Å²) in [5.41, 5.74) is 0.882. The number of hydrogen-bond acceptors (Lipinski definition) is 3. The number of aromatic carboxylic acids is 1. The van der Waals surface area contributed by atoms with Gasteiger partial charge in [-0.3, -0.25) is 0 Å². The lowest BCUT2D eigenvalue weighted by Crippen LogP contribution is -2.18. The highest BCUT2D eigenvalue weighted by molar-refractivity contribution is 5.88. The van der Waals surface area contributed by atoms with Crippen molar-refractivity contribution < 1.29 is 9.90 Å². The summed E-state index contributed by atoms with van der Waals surface area (Å²) < 4.78 is 0. The molecule has 0 atom stereocenters. The third kappa shape index (κ3) is 3.73. The van der Waals surface area contributed by atoms with Crippen molar-refractivity contribution in [2.24, 2.45) is 0 Å². The van der Waals surface area contributed by atoms with Gasteiger partial charge < -0.3 is 10.4 Å². The third-order valence-corrected chi connectivity index (χ3v) is 2.28. The quantitative estimate of drug-likeness (QED) is 0.847. The van der Waals surface area contributed by atoms with Gasteiger partial charge in [0.05, 0.1) is 5.56 Å². The Hall–Kier alpha value is -1.58. The molecule has 0 saturated carbocycles. The number of aromatic nitrogens is 1. The Bertz CT molecular complexity index is 420. The summed E-state index contributed by atoms with van der Waals surface area (Å²) in [6.45, 7) is 10.0. The average Bonchev–Trinajstić information content (AvgIpc) is 2.14. The molecule has 1 rings (SSSR count). The van der Waals surface area contributed by atoms with E-state index >= 15 is 0 Å². The lowest BCUT2D eigenvalue weighted by molar-refractivity contribution is 0.0696. The molecule has 0 radical (unpaired) electrons. The van der Waals surface area contributed by atoms with E-state index in [1.54, 1.807) is 12.1 Å². The Morgan fingerprint density at radius 1 is 1.35 bits per heavy atom. The summed E-state index contributed by atoms with van der Waals surface area (Å²) in [4.78, 5) is 15.5. The van der Waals surface area contributed by atoms with E-state index in [0.717, 1.165) is 5.69 Å². The third-order valence-electron chi connectivity index (χ3n) is 2.28. The van der Waals surface area contributed by atoms with Crippen LogP contribution < -0.4 is 5.32 Å². The molecule has 17 heavy (non-hydrogen) atoms. The van der Waals surface area contributed by atoms with Crippen LogP contribution in [-0.2, 0) is 5.41 Å². The minimum atomic E-state index is -0.926. The number of nitrogens with one attached hydrogen (secondary N) is 1. The molecule has 1 aromatic heterocycles. The van der Waals surface area contributed by atoms with Crippen LogP contribution in [0.4, 0.5) is 5.82 Å². The van der Waals surface area contributed by atoms with Gasteiger partial charge in [-0.25, -0.2) is 9.78 Å². The topological polar surface area (TPSA) is 62.2 Å². The number of hydrogen-bond donors (Lipinski definition) is 2. The van der Waals surface area contributed by atoms with Crippen LogP contribution in [0, 0.1) is 0 Å². The molecule has 1 heterocycles. The van der Waals surface area contributed by atoms with Crippen LogP contribution in [0.5, 0.6) is 0 Å². The summed E-state index contributed by atoms with van der Waals surface area (Å²) in [5.74, 6) is -0.311. The van der Waals surface area contributed by atoms with Crippen LogP contribution in [0.25, 0.3) is 0 Å². The molecule has 0 aliphatic heterocycles. The lowest BCUT2D eigenvalue weighted by Gasteiger charge is -2.20. The fraction of sp³-hybridized carbons (Fsp3) is 0.538. The SMILES string of the molecule is CC(C)Nc1cc(C(=O)O)cc(C(C)(C)C)n1. The predicted octanol–water partition coefficient (Wildman–Crippen LogP) is 2.90. The van der Waals surface area contributed by atoms with Gasteiger partial charge in [-0.05, 0) is 26.0 Å². The molecule has 4 nitrogen and oxygen atoms in total. The van der Waals surface area contributed by atoms with E-state index in [0.29, 0.717) is 5.82 Å². The standard InChI is InChI=1S/C13H20N2O2/c1-8(2)14-11-7-9(12(16)17)6-10(15-11)13(3,4)5/h6-8H,1-5H3,(H,14,15)(H,16,17). The van der Waals surface area contributed by atoms with Crippen molar-refractivity contribution in [1.29, 1.82) is 0 Å². The van der Waals surface area contributed by atoms with E-state index in [1.165, 1.54) is 0 Å². The number of nitrogens with zero attached hydrogens (tertiary/aromatic N) is 1. The maximum atomic E-state index is 11.1. The molecular formula is C13H20N2O2. The number of carboxylic acid groups (broad SMARTS) is 1. The second-order valence-electron chi connectivity index (χ2n) is 5.48. The minimum absolute atomic E-state index is 0.168. The van der Waals surface area contributed by atoms with Gasteiger partial charge in [-0.15, -0.1) is 0 Å². The largest absolute Gasteiger partial charge is 0.478 e. The zero-order chi connectivity index (χ0) is 13.2. The molecular weight excluding hydrogens is 216 g/mol. The Morgan fingerprint density at radius 2 is 1.94 bits per heavy atom. The smallest absolute Gasteiger partial charge is 0.335 e. The van der Waals surface area contributed by atoms with E-state index in [4.69, 9.17) is 5.11 Å². The van der Waals surface area contributed by atoms with Crippen LogP contribution in [0.2, 0.25) is 0 Å². The van der Waals surface area contributed by atoms with Crippen molar-refractivity contribution >= 4 is 11.8 Å². The lowest BCUT2D eigenvalue weighted by atomic mass is 9.90. The van der Waals surface area contributed by atoms with Crippen molar-refractivity contribution in [3.8, 4) is 0 Å². The predicted molar refractivity (Wildman–Crippen MR) is 68.7 cm³/mol. The molecule has 0 saturated heterocycles. The van der Waals surface area contributed by atoms with Crippen LogP contribution in [-0.4, -0.2) is 22.1 Å². The first kappa shape index (κ1) is 13.5. The van der Waals surface area contributed by atoms with Gasteiger partial charge in [-0.2, -0.15) is 0 Å². The Kier molecular flexibility index (Phi) is 3.76. The number of carboxylic acids is 1. The Balaban J connectivity index is 3.24. The van der Waals surface area contributed by atoms with Gasteiger partial charge in [-0.1, -0.05) is 20.8 Å². The molecule has 2 N–H and O–H groups in total. The van der Waals surface area contributed by atoms with E-state index in [9.17, 15) is 4.79 Å². The Labute approximate surface area is 102 Å². The number of anilines is 1. The van der Waals surface area contributed by atoms with Crippen LogP contribution >= 0.6 is 0 Å². The molecule has 94 valence electrons. The summed E-state index contributed by atoms with van der Waals surface area (Å²) >= 11 is 0. The van der Waals surface area contributed by atoms with E-state index in [1.807, 2.05) is 34.6 Å². The highest BCUT2D eigenvalue weighted by Gasteiger charge is 2.19. The van der Waals surface area contributed by atoms with Gasteiger partial charge in [0.1, 0.15) is 5.82 Å². The summed E-state index contributed by atoms with van der Waals surface area (Å²) in [7, 11) is 0. The van der Waals surface area contributed by atoms with Crippen LogP contribution in [0.3, 0.4) is 0 Å². The monoisotopic (exact) mass is 236 g/mol. The highest BCUT2D eigenvalue weighted by atomic mass is 16.4. The number of carbonyl (C=O) groups is 1. The van der Waals surface area contributed by atoms with Crippen molar-refractivity contribution in [3.63, 3.8) is 0 Å². The zero-order valence-electron chi connectivity index (χ0n) is 11.0. The maximum absolute atomic E-state index is 11.1. The molecule has 0 aliphatic carbocycles. The molecule has 1 aromatic rings. The second kappa shape index (κ2) is 4.73. The molecule has 4 heteroatoms. The molecule has 0 unspecified atom stereocenters. The summed E-state index contributed by atoms with van der Waals surface area (Å²) in [6, 6.07) is 3.42. The minimum Gasteiger partial charge on any atom is -0.478 e.